The van der Waals surface area contributed by atoms with E-state index >= 15 is 0 Å². The smallest absolute Gasteiger partial charge is 0.0181 e. The van der Waals surface area contributed by atoms with Gasteiger partial charge in [0.05, 0.1) is 0 Å². The fraction of sp³-hybridized carbons (Fsp3) is 0.167. The van der Waals surface area contributed by atoms with Gasteiger partial charge in [0.2, 0.25) is 0 Å². The predicted molar refractivity (Wildman–Crippen MR) is 62.7 cm³/mol. The Morgan fingerprint density at radius 3 is 2.46 bits per heavy atom. The molecule has 1 aromatic carbocycles. The molecule has 68 valence electrons. The maximum absolute atomic E-state index is 4.01. The van der Waals surface area contributed by atoms with E-state index in [9.17, 15) is 0 Å². The zero-order valence-electron chi connectivity index (χ0n) is 8.02. The molecule has 0 saturated heterocycles. The third-order valence-corrected chi connectivity index (χ3v) is 2.53. The van der Waals surface area contributed by atoms with Gasteiger partial charge in [0.15, 0.2) is 0 Å². The summed E-state index contributed by atoms with van der Waals surface area (Å²) in [4.78, 5) is 0. The van der Waals surface area contributed by atoms with Gasteiger partial charge < -0.3 is 0 Å². The highest BCUT2D eigenvalue weighted by Crippen LogP contribution is 2.25. The minimum absolute atomic E-state index is 1.01. The minimum Gasteiger partial charge on any atom is -0.0955 e. The largest absolute Gasteiger partial charge is 0.0955 e. The maximum atomic E-state index is 4.01. The van der Waals surface area contributed by atoms with Gasteiger partial charge in [-0.05, 0) is 42.7 Å². The Kier molecular flexibility index (Phi) is 3.10. The Balaban J connectivity index is 3.21. The molecule has 0 aromatic heterocycles. The van der Waals surface area contributed by atoms with Crippen molar-refractivity contribution >= 4 is 21.5 Å². The number of benzene rings is 1. The van der Waals surface area contributed by atoms with Crippen molar-refractivity contribution in [3.63, 3.8) is 0 Å². The standard InChI is InChI=1S/C12H13Br/c1-8(2)10(4)12-7-11(13)6-5-9(12)3/h5-7H,1,4H2,2-3H3. The first-order valence-electron chi connectivity index (χ1n) is 4.13. The van der Waals surface area contributed by atoms with Gasteiger partial charge >= 0.3 is 0 Å². The number of rotatable bonds is 2. The SMILES string of the molecule is C=C(C)C(=C)c1cc(Br)ccc1C. The van der Waals surface area contributed by atoms with E-state index in [-0.39, 0.29) is 0 Å². The van der Waals surface area contributed by atoms with E-state index in [4.69, 9.17) is 0 Å². The van der Waals surface area contributed by atoms with Crippen molar-refractivity contribution in [1.29, 1.82) is 0 Å². The van der Waals surface area contributed by atoms with E-state index in [0.29, 0.717) is 0 Å². The molecule has 0 N–H and O–H groups in total. The molecule has 0 unspecified atom stereocenters. The lowest BCUT2D eigenvalue weighted by atomic mass is 9.98. The molecule has 0 fully saturated rings. The Labute approximate surface area is 88.1 Å². The Hall–Kier alpha value is -0.820. The van der Waals surface area contributed by atoms with E-state index in [0.717, 1.165) is 15.6 Å². The van der Waals surface area contributed by atoms with Crippen molar-refractivity contribution in [3.8, 4) is 0 Å². The maximum Gasteiger partial charge on any atom is 0.0181 e. The quantitative estimate of drug-likeness (QED) is 0.671. The van der Waals surface area contributed by atoms with E-state index in [1.54, 1.807) is 0 Å². The second kappa shape index (κ2) is 3.93. The molecule has 0 spiro atoms. The number of hydrogen-bond donors (Lipinski definition) is 0. The van der Waals surface area contributed by atoms with Crippen molar-refractivity contribution < 1.29 is 0 Å². The first kappa shape index (κ1) is 10.3. The second-order valence-electron chi connectivity index (χ2n) is 3.22. The van der Waals surface area contributed by atoms with Crippen molar-refractivity contribution in [2.24, 2.45) is 0 Å². The predicted octanol–water partition coefficient (Wildman–Crippen LogP) is 4.35. The van der Waals surface area contributed by atoms with Gasteiger partial charge in [-0.2, -0.15) is 0 Å². The van der Waals surface area contributed by atoms with Crippen molar-refractivity contribution in [1.82, 2.24) is 0 Å². The summed E-state index contributed by atoms with van der Waals surface area (Å²) < 4.78 is 1.08. The molecule has 0 aliphatic rings. The topological polar surface area (TPSA) is 0 Å². The summed E-state index contributed by atoms with van der Waals surface area (Å²) >= 11 is 3.44. The fourth-order valence-electron chi connectivity index (χ4n) is 1.15. The van der Waals surface area contributed by atoms with Gasteiger partial charge in [-0.25, -0.2) is 0 Å². The van der Waals surface area contributed by atoms with E-state index < -0.39 is 0 Å². The van der Waals surface area contributed by atoms with Gasteiger partial charge in [-0.1, -0.05) is 40.7 Å². The lowest BCUT2D eigenvalue weighted by Gasteiger charge is -2.09. The highest BCUT2D eigenvalue weighted by atomic mass is 79.9. The molecular formula is C12H13Br. The molecule has 0 radical (unpaired) electrons. The molecule has 1 rings (SSSR count). The molecule has 13 heavy (non-hydrogen) atoms. The lowest BCUT2D eigenvalue weighted by molar-refractivity contribution is 1.39. The first-order valence-corrected chi connectivity index (χ1v) is 4.93. The summed E-state index contributed by atoms with van der Waals surface area (Å²) in [6, 6.07) is 6.18. The number of allylic oxidation sites excluding steroid dienone is 2. The van der Waals surface area contributed by atoms with Gasteiger partial charge in [-0.3, -0.25) is 0 Å². The minimum atomic E-state index is 1.01. The molecule has 0 amide bonds. The summed E-state index contributed by atoms with van der Waals surface area (Å²) in [5.41, 5.74) is 4.43. The molecular weight excluding hydrogens is 224 g/mol. The zero-order valence-corrected chi connectivity index (χ0v) is 9.61. The summed E-state index contributed by atoms with van der Waals surface area (Å²) in [5, 5.41) is 0. The molecule has 0 nitrogen and oxygen atoms in total. The third-order valence-electron chi connectivity index (χ3n) is 2.04. The van der Waals surface area contributed by atoms with Crippen LogP contribution in [0.5, 0.6) is 0 Å². The molecule has 0 bridgehead atoms. The van der Waals surface area contributed by atoms with Crippen LogP contribution in [0.15, 0.2) is 41.4 Å². The number of hydrogen-bond acceptors (Lipinski definition) is 0. The van der Waals surface area contributed by atoms with Gasteiger partial charge in [0, 0.05) is 4.47 Å². The van der Waals surface area contributed by atoms with Gasteiger partial charge in [0.1, 0.15) is 0 Å². The van der Waals surface area contributed by atoms with Crippen LogP contribution in [-0.2, 0) is 0 Å². The Morgan fingerprint density at radius 2 is 1.92 bits per heavy atom. The molecule has 0 saturated carbocycles. The van der Waals surface area contributed by atoms with Crippen LogP contribution >= 0.6 is 15.9 Å². The Morgan fingerprint density at radius 1 is 1.31 bits per heavy atom. The summed E-state index contributed by atoms with van der Waals surface area (Å²) in [6.45, 7) is 11.9. The lowest BCUT2D eigenvalue weighted by Crippen LogP contribution is -1.88. The molecule has 0 aliphatic carbocycles. The van der Waals surface area contributed by atoms with E-state index in [1.807, 2.05) is 13.0 Å². The molecule has 0 atom stereocenters. The monoisotopic (exact) mass is 236 g/mol. The van der Waals surface area contributed by atoms with Crippen LogP contribution < -0.4 is 0 Å². The van der Waals surface area contributed by atoms with Crippen LogP contribution in [0.25, 0.3) is 5.57 Å². The van der Waals surface area contributed by atoms with Crippen LogP contribution in [-0.4, -0.2) is 0 Å². The summed E-state index contributed by atoms with van der Waals surface area (Å²) in [5.74, 6) is 0. The molecule has 0 aliphatic heterocycles. The highest BCUT2D eigenvalue weighted by Gasteiger charge is 2.03. The fourth-order valence-corrected chi connectivity index (χ4v) is 1.51. The highest BCUT2D eigenvalue weighted by molar-refractivity contribution is 9.10. The Bertz CT molecular complexity index is 361. The second-order valence-corrected chi connectivity index (χ2v) is 4.13. The number of aryl methyl sites for hydroxylation is 1. The normalized spacial score (nSPS) is 9.77. The van der Waals surface area contributed by atoms with Gasteiger partial charge in [0.25, 0.3) is 0 Å². The summed E-state index contributed by atoms with van der Waals surface area (Å²) in [7, 11) is 0. The molecule has 1 aromatic rings. The van der Waals surface area contributed by atoms with Crippen LogP contribution in [0.4, 0.5) is 0 Å². The van der Waals surface area contributed by atoms with Crippen LogP contribution in [0.3, 0.4) is 0 Å². The van der Waals surface area contributed by atoms with Crippen molar-refractivity contribution in [3.05, 3.63) is 52.5 Å². The average Bonchev–Trinajstić information content (AvgIpc) is 2.08. The van der Waals surface area contributed by atoms with Crippen molar-refractivity contribution in [2.45, 2.75) is 13.8 Å². The number of halogens is 1. The van der Waals surface area contributed by atoms with Crippen molar-refractivity contribution in [2.75, 3.05) is 0 Å². The molecule has 0 heterocycles. The van der Waals surface area contributed by atoms with E-state index in [1.165, 1.54) is 11.1 Å². The van der Waals surface area contributed by atoms with Crippen LogP contribution in [0.2, 0.25) is 0 Å². The van der Waals surface area contributed by atoms with Crippen LogP contribution in [0, 0.1) is 6.92 Å². The van der Waals surface area contributed by atoms with Crippen LogP contribution in [0.1, 0.15) is 18.1 Å². The van der Waals surface area contributed by atoms with Gasteiger partial charge in [-0.15, -0.1) is 0 Å². The average molecular weight is 237 g/mol. The molecule has 1 heteroatoms. The summed E-state index contributed by atoms with van der Waals surface area (Å²) in [6.07, 6.45) is 0. The zero-order chi connectivity index (χ0) is 10.0. The third kappa shape index (κ3) is 2.31. The van der Waals surface area contributed by atoms with E-state index in [2.05, 4.69) is 48.1 Å². The first-order chi connectivity index (χ1) is 6.02.